The fourth-order valence-electron chi connectivity index (χ4n) is 1.92. The van der Waals surface area contributed by atoms with Gasteiger partial charge in [-0.25, -0.2) is 4.98 Å². The Bertz CT molecular complexity index is 624. The summed E-state index contributed by atoms with van der Waals surface area (Å²) in [6.45, 7) is 5.73. The zero-order valence-corrected chi connectivity index (χ0v) is 13.1. The van der Waals surface area contributed by atoms with Crippen LogP contribution < -0.4 is 10.5 Å². The molecule has 0 atom stereocenters. The molecule has 0 aliphatic carbocycles. The van der Waals surface area contributed by atoms with E-state index in [2.05, 4.69) is 40.8 Å². The van der Waals surface area contributed by atoms with E-state index in [1.54, 1.807) is 0 Å². The lowest BCUT2D eigenvalue weighted by molar-refractivity contribution is 0.799. The van der Waals surface area contributed by atoms with Gasteiger partial charge in [0.1, 0.15) is 9.39 Å². The summed E-state index contributed by atoms with van der Waals surface area (Å²) in [5.41, 5.74) is 2.41. The van der Waals surface area contributed by atoms with Crippen LogP contribution in [0.15, 0.2) is 35.4 Å². The highest BCUT2D eigenvalue weighted by Gasteiger charge is 2.13. The Labute approximate surface area is 126 Å². The predicted molar refractivity (Wildman–Crippen MR) is 85.5 cm³/mol. The molecule has 0 aliphatic rings. The quantitative estimate of drug-likeness (QED) is 0.844. The summed E-state index contributed by atoms with van der Waals surface area (Å²) in [6, 6.07) is 8.27. The van der Waals surface area contributed by atoms with Crippen LogP contribution in [-0.4, -0.2) is 16.5 Å². The number of aryl methyl sites for hydroxylation is 1. The zero-order valence-electron chi connectivity index (χ0n) is 11.0. The van der Waals surface area contributed by atoms with Crippen molar-refractivity contribution in [3.8, 4) is 0 Å². The largest absolute Gasteiger partial charge is 0.351 e. The summed E-state index contributed by atoms with van der Waals surface area (Å²) >= 11 is 2.05. The second kappa shape index (κ2) is 6.18. The van der Waals surface area contributed by atoms with Crippen molar-refractivity contribution in [2.24, 2.45) is 0 Å². The molecule has 0 saturated heterocycles. The number of nitrogens with zero attached hydrogens (tertiary/aromatic N) is 2. The summed E-state index contributed by atoms with van der Waals surface area (Å²) in [4.78, 5) is 20.7. The van der Waals surface area contributed by atoms with E-state index in [1.807, 2.05) is 34.7 Å². The smallest absolute Gasteiger partial charge is 0.266 e. The van der Waals surface area contributed by atoms with Gasteiger partial charge in [-0.1, -0.05) is 24.3 Å². The minimum absolute atomic E-state index is 0.0890. The van der Waals surface area contributed by atoms with Gasteiger partial charge in [0.25, 0.3) is 5.56 Å². The molecule has 1 aromatic heterocycles. The molecular weight excluding hydrogens is 353 g/mol. The van der Waals surface area contributed by atoms with Crippen LogP contribution in [0.25, 0.3) is 0 Å². The van der Waals surface area contributed by atoms with Gasteiger partial charge in [0, 0.05) is 13.1 Å². The number of aromatic amines is 1. The highest BCUT2D eigenvalue weighted by Crippen LogP contribution is 2.19. The van der Waals surface area contributed by atoms with Crippen LogP contribution in [0.3, 0.4) is 0 Å². The van der Waals surface area contributed by atoms with E-state index in [9.17, 15) is 4.79 Å². The van der Waals surface area contributed by atoms with Crippen molar-refractivity contribution in [1.29, 1.82) is 0 Å². The Hall–Kier alpha value is -1.37. The van der Waals surface area contributed by atoms with Crippen LogP contribution in [0.4, 0.5) is 5.82 Å². The lowest BCUT2D eigenvalue weighted by Gasteiger charge is -2.23. The van der Waals surface area contributed by atoms with Crippen LogP contribution in [0.2, 0.25) is 0 Å². The van der Waals surface area contributed by atoms with Gasteiger partial charge < -0.3 is 9.88 Å². The lowest BCUT2D eigenvalue weighted by atomic mass is 10.1. The monoisotopic (exact) mass is 369 g/mol. The number of hydrogen-bond donors (Lipinski definition) is 1. The van der Waals surface area contributed by atoms with Gasteiger partial charge in [0.05, 0.1) is 6.33 Å². The number of H-pyrrole nitrogens is 1. The van der Waals surface area contributed by atoms with E-state index in [4.69, 9.17) is 0 Å². The number of nitrogens with one attached hydrogen (secondary N) is 1. The normalized spacial score (nSPS) is 10.5. The molecule has 0 bridgehead atoms. The first-order chi connectivity index (χ1) is 9.13. The average molecular weight is 369 g/mol. The van der Waals surface area contributed by atoms with Gasteiger partial charge in [-0.05, 0) is 47.6 Å². The van der Waals surface area contributed by atoms with Gasteiger partial charge in [-0.15, -0.1) is 0 Å². The van der Waals surface area contributed by atoms with E-state index < -0.39 is 0 Å². The van der Waals surface area contributed by atoms with Crippen molar-refractivity contribution in [2.75, 3.05) is 11.4 Å². The Morgan fingerprint density at radius 1 is 1.37 bits per heavy atom. The second-order valence-electron chi connectivity index (χ2n) is 4.31. The molecule has 5 heteroatoms. The number of aromatic nitrogens is 2. The molecule has 0 saturated carbocycles. The van der Waals surface area contributed by atoms with Crippen molar-refractivity contribution < 1.29 is 0 Å². The maximum Gasteiger partial charge on any atom is 0.266 e. The average Bonchev–Trinajstić information content (AvgIpc) is 2.41. The zero-order chi connectivity index (χ0) is 13.8. The SMILES string of the molecule is CCN(Cc1ccccc1C)c1nc[nH]c(=O)c1I. The Kier molecular flexibility index (Phi) is 4.57. The minimum Gasteiger partial charge on any atom is -0.351 e. The summed E-state index contributed by atoms with van der Waals surface area (Å²) in [5.74, 6) is 0.745. The topological polar surface area (TPSA) is 49.0 Å². The number of rotatable bonds is 4. The third kappa shape index (κ3) is 3.15. The Morgan fingerprint density at radius 3 is 2.79 bits per heavy atom. The molecule has 0 radical (unpaired) electrons. The van der Waals surface area contributed by atoms with Crippen LogP contribution in [0, 0.1) is 10.5 Å². The van der Waals surface area contributed by atoms with Crippen molar-refractivity contribution in [3.05, 3.63) is 55.6 Å². The van der Waals surface area contributed by atoms with Crippen molar-refractivity contribution in [1.82, 2.24) is 9.97 Å². The summed E-state index contributed by atoms with van der Waals surface area (Å²) in [5, 5.41) is 0. The molecule has 0 fully saturated rings. The first kappa shape index (κ1) is 14.0. The number of halogens is 1. The highest BCUT2D eigenvalue weighted by molar-refractivity contribution is 14.1. The van der Waals surface area contributed by atoms with Gasteiger partial charge in [0.2, 0.25) is 0 Å². The molecular formula is C14H16IN3O. The first-order valence-electron chi connectivity index (χ1n) is 6.16. The predicted octanol–water partition coefficient (Wildman–Crippen LogP) is 2.71. The molecule has 1 heterocycles. The van der Waals surface area contributed by atoms with Gasteiger partial charge in [-0.2, -0.15) is 0 Å². The molecule has 0 unspecified atom stereocenters. The summed E-state index contributed by atoms with van der Waals surface area (Å²) < 4.78 is 0.635. The molecule has 100 valence electrons. The second-order valence-corrected chi connectivity index (χ2v) is 5.39. The minimum atomic E-state index is -0.0890. The molecule has 0 amide bonds. The molecule has 4 nitrogen and oxygen atoms in total. The van der Waals surface area contributed by atoms with Crippen molar-refractivity contribution in [2.45, 2.75) is 20.4 Å². The molecule has 1 N–H and O–H groups in total. The van der Waals surface area contributed by atoms with E-state index in [0.717, 1.165) is 18.9 Å². The van der Waals surface area contributed by atoms with Gasteiger partial charge >= 0.3 is 0 Å². The Morgan fingerprint density at radius 2 is 2.11 bits per heavy atom. The molecule has 2 aromatic rings. The van der Waals surface area contributed by atoms with Gasteiger partial charge in [-0.3, -0.25) is 4.79 Å². The summed E-state index contributed by atoms with van der Waals surface area (Å²) in [6.07, 6.45) is 1.46. The molecule has 2 rings (SSSR count). The third-order valence-electron chi connectivity index (χ3n) is 3.08. The maximum absolute atomic E-state index is 11.6. The van der Waals surface area contributed by atoms with Crippen molar-refractivity contribution >= 4 is 28.4 Å². The first-order valence-corrected chi connectivity index (χ1v) is 7.24. The maximum atomic E-state index is 11.6. The van der Waals surface area contributed by atoms with Crippen LogP contribution in [0.1, 0.15) is 18.1 Å². The molecule has 1 aromatic carbocycles. The van der Waals surface area contributed by atoms with Crippen molar-refractivity contribution in [3.63, 3.8) is 0 Å². The van der Waals surface area contributed by atoms with E-state index in [1.165, 1.54) is 17.5 Å². The number of benzene rings is 1. The third-order valence-corrected chi connectivity index (χ3v) is 4.05. The fourth-order valence-corrected chi connectivity index (χ4v) is 2.56. The lowest BCUT2D eigenvalue weighted by Crippen LogP contribution is -2.27. The molecule has 0 spiro atoms. The van der Waals surface area contributed by atoms with E-state index in [-0.39, 0.29) is 5.56 Å². The molecule has 0 aliphatic heterocycles. The van der Waals surface area contributed by atoms with Gasteiger partial charge in [0.15, 0.2) is 0 Å². The van der Waals surface area contributed by atoms with Crippen LogP contribution in [0.5, 0.6) is 0 Å². The summed E-state index contributed by atoms with van der Waals surface area (Å²) in [7, 11) is 0. The standard InChI is InChI=1S/C14H16IN3O/c1-3-18(8-11-7-5-4-6-10(11)2)13-12(15)14(19)17-9-16-13/h4-7,9H,3,8H2,1-2H3,(H,16,17,19). The van der Waals surface area contributed by atoms with E-state index >= 15 is 0 Å². The molecule has 19 heavy (non-hydrogen) atoms. The fraction of sp³-hybridized carbons (Fsp3) is 0.286. The van der Waals surface area contributed by atoms with Crippen LogP contribution >= 0.6 is 22.6 Å². The Balaban J connectivity index is 2.33. The van der Waals surface area contributed by atoms with Crippen LogP contribution in [-0.2, 0) is 6.54 Å². The number of anilines is 1. The highest BCUT2D eigenvalue weighted by atomic mass is 127. The van der Waals surface area contributed by atoms with E-state index in [0.29, 0.717) is 3.57 Å². The number of hydrogen-bond acceptors (Lipinski definition) is 3.